The molecular weight excluding hydrogens is 538 g/mol. The van der Waals surface area contributed by atoms with Gasteiger partial charge in [0.25, 0.3) is 0 Å². The largest absolute Gasteiger partial charge is 0.471 e. The summed E-state index contributed by atoms with van der Waals surface area (Å²) in [4.78, 5) is 27.9. The molecule has 0 saturated heterocycles. The molecule has 2 aromatic carbocycles. The summed E-state index contributed by atoms with van der Waals surface area (Å²) in [6, 6.07) is 14.4. The van der Waals surface area contributed by atoms with Crippen molar-refractivity contribution < 1.29 is 9.53 Å². The van der Waals surface area contributed by atoms with Gasteiger partial charge in [-0.2, -0.15) is 9.97 Å². The van der Waals surface area contributed by atoms with Gasteiger partial charge in [0.05, 0.1) is 6.33 Å². The fraction of sp³-hybridized carbons (Fsp3) is 0.294. The third-order valence-electron chi connectivity index (χ3n) is 8.25. The average Bonchev–Trinajstić information content (AvgIpc) is 3.47. The number of nitrogen functional groups attached to an aromatic ring is 2. The molecule has 1 atom stereocenters. The Bertz CT molecular complexity index is 1750. The van der Waals surface area contributed by atoms with Crippen molar-refractivity contribution in [3.63, 3.8) is 0 Å². The second-order valence-corrected chi connectivity index (χ2v) is 11.7. The number of hydrogen-bond donors (Lipinski definition) is 4. The van der Waals surface area contributed by atoms with Crippen molar-refractivity contribution in [2.24, 2.45) is 0 Å². The lowest BCUT2D eigenvalue weighted by molar-refractivity contribution is -0.119. The predicted octanol–water partition coefficient (Wildman–Crippen LogP) is 5.21. The van der Waals surface area contributed by atoms with Gasteiger partial charge in [0.2, 0.25) is 11.8 Å². The van der Waals surface area contributed by atoms with Crippen LogP contribution in [0.3, 0.4) is 0 Å². The number of benzene rings is 2. The summed E-state index contributed by atoms with van der Waals surface area (Å²) in [6.45, 7) is 5.64. The van der Waals surface area contributed by atoms with Crippen LogP contribution in [0.15, 0.2) is 78.2 Å². The highest BCUT2D eigenvalue weighted by Crippen LogP contribution is 2.45. The lowest BCUT2D eigenvalue weighted by atomic mass is 9.67. The Morgan fingerprint density at radius 1 is 1.07 bits per heavy atom. The summed E-state index contributed by atoms with van der Waals surface area (Å²) in [5.41, 5.74) is 20.8. The normalized spacial score (nSPS) is 16.7. The van der Waals surface area contributed by atoms with E-state index in [0.717, 1.165) is 36.2 Å². The first-order valence-corrected chi connectivity index (χ1v) is 14.7. The summed E-state index contributed by atoms with van der Waals surface area (Å²) in [5, 5.41) is 3.60. The number of Topliss-reactive ketones (excluding diaryl/α,β-unsaturated/α-hetero) is 1. The molecule has 9 nitrogen and oxygen atoms in total. The minimum atomic E-state index is -0.126. The summed E-state index contributed by atoms with van der Waals surface area (Å²) >= 11 is 0. The van der Waals surface area contributed by atoms with Crippen molar-refractivity contribution in [2.45, 2.75) is 57.6 Å². The SMILES string of the molecule is CC1(C)C2=CC(NCCCC(=O)CCc3ccc(COc4nc(N)nc5nc[nH]c45)cc3)C=CC2=Cc2ccc(N)cc21. The molecule has 2 heterocycles. The van der Waals surface area contributed by atoms with Gasteiger partial charge in [-0.25, -0.2) is 4.98 Å². The Kier molecular flexibility index (Phi) is 7.82. The maximum absolute atomic E-state index is 12.6. The monoisotopic (exact) mass is 575 g/mol. The molecule has 0 spiro atoms. The first-order chi connectivity index (χ1) is 20.8. The molecule has 2 aromatic heterocycles. The summed E-state index contributed by atoms with van der Waals surface area (Å²) in [7, 11) is 0. The van der Waals surface area contributed by atoms with Gasteiger partial charge in [0, 0.05) is 30.0 Å². The Morgan fingerprint density at radius 2 is 1.88 bits per heavy atom. The van der Waals surface area contributed by atoms with Crippen molar-refractivity contribution in [3.8, 4) is 5.88 Å². The minimum absolute atomic E-state index is 0.117. The third kappa shape index (κ3) is 6.22. The van der Waals surface area contributed by atoms with E-state index in [-0.39, 0.29) is 23.2 Å². The second kappa shape index (κ2) is 11.9. The molecule has 0 aliphatic heterocycles. The van der Waals surface area contributed by atoms with E-state index in [1.807, 2.05) is 30.3 Å². The predicted molar refractivity (Wildman–Crippen MR) is 170 cm³/mol. The van der Waals surface area contributed by atoms with Gasteiger partial charge in [-0.05, 0) is 71.0 Å². The van der Waals surface area contributed by atoms with Crippen LogP contribution in [-0.4, -0.2) is 38.3 Å². The molecule has 0 radical (unpaired) electrons. The number of H-pyrrole nitrogens is 1. The van der Waals surface area contributed by atoms with Gasteiger partial charge in [0.1, 0.15) is 17.9 Å². The first-order valence-electron chi connectivity index (χ1n) is 14.7. The van der Waals surface area contributed by atoms with Gasteiger partial charge < -0.3 is 26.5 Å². The maximum Gasteiger partial charge on any atom is 0.245 e. The molecule has 4 aromatic rings. The van der Waals surface area contributed by atoms with E-state index in [1.54, 1.807) is 0 Å². The minimum Gasteiger partial charge on any atom is -0.471 e. The number of aromatic nitrogens is 4. The van der Waals surface area contributed by atoms with Crippen LogP contribution < -0.4 is 21.5 Å². The van der Waals surface area contributed by atoms with E-state index in [9.17, 15) is 4.79 Å². The van der Waals surface area contributed by atoms with Crippen molar-refractivity contribution in [3.05, 3.63) is 100 Å². The molecule has 1 unspecified atom stereocenters. The highest BCUT2D eigenvalue weighted by atomic mass is 16.5. The van der Waals surface area contributed by atoms with Crippen LogP contribution in [-0.2, 0) is 23.2 Å². The van der Waals surface area contributed by atoms with Crippen molar-refractivity contribution in [1.29, 1.82) is 0 Å². The third-order valence-corrected chi connectivity index (χ3v) is 8.25. The molecule has 0 saturated carbocycles. The Balaban J connectivity index is 0.935. The topological polar surface area (TPSA) is 145 Å². The smallest absolute Gasteiger partial charge is 0.245 e. The number of ether oxygens (including phenoxy) is 1. The summed E-state index contributed by atoms with van der Waals surface area (Å²) in [6.07, 6.45) is 13.1. The number of aryl methyl sites for hydroxylation is 1. The highest BCUT2D eigenvalue weighted by Gasteiger charge is 2.34. The quantitative estimate of drug-likeness (QED) is 0.141. The number of imidazole rings is 1. The van der Waals surface area contributed by atoms with Gasteiger partial charge in [-0.15, -0.1) is 0 Å². The Hall–Kier alpha value is -4.76. The van der Waals surface area contributed by atoms with E-state index in [2.05, 4.69) is 75.5 Å². The zero-order chi connectivity index (χ0) is 30.0. The van der Waals surface area contributed by atoms with Crippen LogP contribution >= 0.6 is 0 Å². The molecule has 43 heavy (non-hydrogen) atoms. The Labute approximate surface area is 251 Å². The molecule has 6 N–H and O–H groups in total. The van der Waals surface area contributed by atoms with Crippen LogP contribution in [0, 0.1) is 0 Å². The number of hydrogen-bond acceptors (Lipinski definition) is 8. The lowest BCUT2D eigenvalue weighted by Gasteiger charge is -2.37. The van der Waals surface area contributed by atoms with E-state index < -0.39 is 0 Å². The van der Waals surface area contributed by atoms with E-state index in [0.29, 0.717) is 36.5 Å². The number of fused-ring (bicyclic) bond motifs is 3. The summed E-state index contributed by atoms with van der Waals surface area (Å²) < 4.78 is 5.86. The van der Waals surface area contributed by atoms with Crippen LogP contribution in [0.1, 0.15) is 55.4 Å². The second-order valence-electron chi connectivity index (χ2n) is 11.7. The van der Waals surface area contributed by atoms with Crippen LogP contribution in [0.5, 0.6) is 5.88 Å². The highest BCUT2D eigenvalue weighted by molar-refractivity contribution is 5.79. The molecule has 0 amide bonds. The van der Waals surface area contributed by atoms with Crippen molar-refractivity contribution in [1.82, 2.24) is 25.3 Å². The number of aromatic amines is 1. The van der Waals surface area contributed by atoms with Gasteiger partial charge in [-0.1, -0.05) is 62.4 Å². The average molecular weight is 576 g/mol. The Morgan fingerprint density at radius 3 is 2.72 bits per heavy atom. The van der Waals surface area contributed by atoms with Crippen molar-refractivity contribution >= 4 is 34.7 Å². The lowest BCUT2D eigenvalue weighted by Crippen LogP contribution is -2.33. The zero-order valence-corrected chi connectivity index (χ0v) is 24.6. The molecule has 0 bridgehead atoms. The summed E-state index contributed by atoms with van der Waals surface area (Å²) in [5.74, 6) is 0.770. The molecule has 2 aliphatic rings. The first kappa shape index (κ1) is 28.4. The molecular formula is C34H37N7O2. The number of ketones is 1. The number of carbonyl (C=O) groups is 1. The number of nitrogens with zero attached hydrogens (tertiary/aromatic N) is 3. The molecule has 2 aliphatic carbocycles. The standard InChI is InChI=1S/C34H37N7O2/c1-34(2)28-17-25(35)12-10-23(28)16-24-11-13-26(18-29(24)34)37-15-3-4-27(42)14-9-21-5-7-22(8-6-21)19-43-32-30-31(39-20-38-30)40-33(36)41-32/h5-8,10-13,16-18,20,26,37H,3-4,9,14-15,19,35H2,1-2H3,(H3,36,38,39,40,41). The van der Waals surface area contributed by atoms with Crippen molar-refractivity contribution in [2.75, 3.05) is 18.0 Å². The van der Waals surface area contributed by atoms with Gasteiger partial charge in [-0.3, -0.25) is 4.79 Å². The van der Waals surface area contributed by atoms with Crippen LogP contribution in [0.2, 0.25) is 0 Å². The number of carbonyl (C=O) groups excluding carboxylic acids is 1. The molecule has 0 fully saturated rings. The number of allylic oxidation sites excluding steroid dienone is 3. The molecule has 220 valence electrons. The number of nitrogens with two attached hydrogens (primary N) is 2. The molecule has 9 heteroatoms. The van der Waals surface area contributed by atoms with Crippen LogP contribution in [0.25, 0.3) is 17.2 Å². The molecule has 6 rings (SSSR count). The van der Waals surface area contributed by atoms with E-state index >= 15 is 0 Å². The number of rotatable bonds is 11. The van der Waals surface area contributed by atoms with E-state index in [1.165, 1.54) is 28.6 Å². The number of anilines is 2. The number of nitrogens with one attached hydrogen (secondary N) is 2. The fourth-order valence-corrected chi connectivity index (χ4v) is 5.85. The van der Waals surface area contributed by atoms with Gasteiger partial charge >= 0.3 is 0 Å². The van der Waals surface area contributed by atoms with E-state index in [4.69, 9.17) is 16.2 Å². The fourth-order valence-electron chi connectivity index (χ4n) is 5.85. The van der Waals surface area contributed by atoms with Gasteiger partial charge in [0.15, 0.2) is 5.65 Å². The maximum atomic E-state index is 12.6. The zero-order valence-electron chi connectivity index (χ0n) is 24.6. The van der Waals surface area contributed by atoms with Crippen LogP contribution in [0.4, 0.5) is 11.6 Å².